The zero-order chi connectivity index (χ0) is 13.8. The Morgan fingerprint density at radius 3 is 2.58 bits per heavy atom. The standard InChI is InChI=1S/C16H18ClNO/c1-11-7-8-15(19-3)14(9-11)16(18-2)12-5-4-6-13(17)10-12/h4-10,16,18H,1-3H3. The minimum Gasteiger partial charge on any atom is -0.496 e. The van der Waals surface area contributed by atoms with E-state index < -0.39 is 0 Å². The van der Waals surface area contributed by atoms with Gasteiger partial charge in [-0.25, -0.2) is 0 Å². The van der Waals surface area contributed by atoms with Crippen molar-refractivity contribution in [3.63, 3.8) is 0 Å². The van der Waals surface area contributed by atoms with Crippen molar-refractivity contribution in [2.24, 2.45) is 0 Å². The molecule has 0 amide bonds. The Morgan fingerprint density at radius 2 is 1.95 bits per heavy atom. The maximum absolute atomic E-state index is 6.08. The minimum atomic E-state index is 0.0635. The van der Waals surface area contributed by atoms with Gasteiger partial charge in [0, 0.05) is 10.6 Å². The first-order valence-corrected chi connectivity index (χ1v) is 6.60. The fourth-order valence-corrected chi connectivity index (χ4v) is 2.47. The normalized spacial score (nSPS) is 12.2. The molecule has 0 saturated carbocycles. The SMILES string of the molecule is CNC(c1cccc(Cl)c1)c1cc(C)ccc1OC. The molecule has 0 spiro atoms. The van der Waals surface area contributed by atoms with Crippen molar-refractivity contribution >= 4 is 11.6 Å². The largest absolute Gasteiger partial charge is 0.496 e. The Bertz CT molecular complexity index is 568. The minimum absolute atomic E-state index is 0.0635. The zero-order valence-electron chi connectivity index (χ0n) is 11.4. The van der Waals surface area contributed by atoms with Gasteiger partial charge in [0.2, 0.25) is 0 Å². The number of rotatable bonds is 4. The third-order valence-corrected chi connectivity index (χ3v) is 3.40. The molecule has 1 N–H and O–H groups in total. The quantitative estimate of drug-likeness (QED) is 0.912. The molecule has 2 aromatic rings. The van der Waals surface area contributed by atoms with Gasteiger partial charge in [-0.3, -0.25) is 0 Å². The number of methoxy groups -OCH3 is 1. The van der Waals surface area contributed by atoms with Gasteiger partial charge < -0.3 is 10.1 Å². The molecule has 2 rings (SSSR count). The van der Waals surface area contributed by atoms with Crippen molar-refractivity contribution in [2.75, 3.05) is 14.2 Å². The van der Waals surface area contributed by atoms with E-state index in [1.807, 2.05) is 37.4 Å². The van der Waals surface area contributed by atoms with Gasteiger partial charge in [0.25, 0.3) is 0 Å². The van der Waals surface area contributed by atoms with Crippen LogP contribution < -0.4 is 10.1 Å². The second kappa shape index (κ2) is 6.09. The first-order valence-electron chi connectivity index (χ1n) is 6.23. The highest BCUT2D eigenvalue weighted by molar-refractivity contribution is 6.30. The van der Waals surface area contributed by atoms with Gasteiger partial charge in [-0.2, -0.15) is 0 Å². The van der Waals surface area contributed by atoms with Crippen molar-refractivity contribution in [1.29, 1.82) is 0 Å². The summed E-state index contributed by atoms with van der Waals surface area (Å²) in [6.45, 7) is 2.08. The lowest BCUT2D eigenvalue weighted by atomic mass is 9.96. The molecule has 0 aromatic heterocycles. The van der Waals surface area contributed by atoms with Crippen LogP contribution in [-0.4, -0.2) is 14.2 Å². The molecule has 0 bridgehead atoms. The summed E-state index contributed by atoms with van der Waals surface area (Å²) in [6, 6.07) is 14.1. The second-order valence-corrected chi connectivity index (χ2v) is 4.96. The zero-order valence-corrected chi connectivity index (χ0v) is 12.2. The molecule has 2 nitrogen and oxygen atoms in total. The Kier molecular flexibility index (Phi) is 4.46. The molecule has 0 aliphatic heterocycles. The van der Waals surface area contributed by atoms with E-state index in [0.29, 0.717) is 0 Å². The molecule has 2 aromatic carbocycles. The first-order chi connectivity index (χ1) is 9.15. The molecular weight excluding hydrogens is 258 g/mol. The highest BCUT2D eigenvalue weighted by Crippen LogP contribution is 2.31. The smallest absolute Gasteiger partial charge is 0.123 e. The summed E-state index contributed by atoms with van der Waals surface area (Å²) >= 11 is 6.08. The molecule has 0 aliphatic rings. The van der Waals surface area contributed by atoms with E-state index >= 15 is 0 Å². The summed E-state index contributed by atoms with van der Waals surface area (Å²) in [5, 5.41) is 4.07. The fourth-order valence-electron chi connectivity index (χ4n) is 2.27. The number of benzene rings is 2. The third-order valence-electron chi connectivity index (χ3n) is 3.17. The molecule has 0 heterocycles. The Morgan fingerprint density at radius 1 is 1.16 bits per heavy atom. The summed E-state index contributed by atoms with van der Waals surface area (Å²) in [5.41, 5.74) is 3.45. The van der Waals surface area contributed by atoms with Crippen LogP contribution >= 0.6 is 11.6 Å². The van der Waals surface area contributed by atoms with Crippen LogP contribution in [0.15, 0.2) is 42.5 Å². The molecule has 1 atom stereocenters. The highest BCUT2D eigenvalue weighted by Gasteiger charge is 2.16. The van der Waals surface area contributed by atoms with Crippen LogP contribution in [-0.2, 0) is 0 Å². The van der Waals surface area contributed by atoms with Gasteiger partial charge in [-0.05, 0) is 37.7 Å². The van der Waals surface area contributed by atoms with E-state index in [2.05, 4.69) is 24.4 Å². The van der Waals surface area contributed by atoms with Gasteiger partial charge in [0.1, 0.15) is 5.75 Å². The van der Waals surface area contributed by atoms with Crippen molar-refractivity contribution < 1.29 is 4.74 Å². The van der Waals surface area contributed by atoms with Crippen molar-refractivity contribution in [2.45, 2.75) is 13.0 Å². The van der Waals surface area contributed by atoms with Crippen LogP contribution in [0.3, 0.4) is 0 Å². The van der Waals surface area contributed by atoms with Crippen LogP contribution in [0, 0.1) is 6.92 Å². The van der Waals surface area contributed by atoms with Crippen molar-refractivity contribution in [3.8, 4) is 5.75 Å². The highest BCUT2D eigenvalue weighted by atomic mass is 35.5. The van der Waals surface area contributed by atoms with Crippen LogP contribution in [0.1, 0.15) is 22.7 Å². The summed E-state index contributed by atoms with van der Waals surface area (Å²) in [7, 11) is 3.63. The second-order valence-electron chi connectivity index (χ2n) is 4.52. The van der Waals surface area contributed by atoms with Gasteiger partial charge in [0.05, 0.1) is 13.2 Å². The Balaban J connectivity index is 2.50. The van der Waals surface area contributed by atoms with Crippen molar-refractivity contribution in [1.82, 2.24) is 5.32 Å². The van der Waals surface area contributed by atoms with Gasteiger partial charge in [-0.1, -0.05) is 41.4 Å². The van der Waals surface area contributed by atoms with Crippen molar-refractivity contribution in [3.05, 3.63) is 64.2 Å². The maximum atomic E-state index is 6.08. The molecule has 0 fully saturated rings. The number of hydrogen-bond donors (Lipinski definition) is 1. The van der Waals surface area contributed by atoms with E-state index in [1.54, 1.807) is 7.11 Å². The van der Waals surface area contributed by atoms with E-state index in [9.17, 15) is 0 Å². The number of ether oxygens (including phenoxy) is 1. The van der Waals surface area contributed by atoms with E-state index in [1.165, 1.54) is 5.56 Å². The summed E-state index contributed by atoms with van der Waals surface area (Å²) in [4.78, 5) is 0. The lowest BCUT2D eigenvalue weighted by Crippen LogP contribution is -2.18. The van der Waals surface area contributed by atoms with E-state index in [0.717, 1.165) is 21.9 Å². The number of halogens is 1. The maximum Gasteiger partial charge on any atom is 0.123 e. The number of aryl methyl sites for hydroxylation is 1. The molecule has 0 aliphatic carbocycles. The van der Waals surface area contributed by atoms with Crippen LogP contribution in [0.25, 0.3) is 0 Å². The average Bonchev–Trinajstić information content (AvgIpc) is 2.40. The molecule has 19 heavy (non-hydrogen) atoms. The summed E-state index contributed by atoms with van der Waals surface area (Å²) in [6.07, 6.45) is 0. The molecule has 0 saturated heterocycles. The lowest BCUT2D eigenvalue weighted by molar-refractivity contribution is 0.405. The summed E-state index contributed by atoms with van der Waals surface area (Å²) in [5.74, 6) is 0.880. The summed E-state index contributed by atoms with van der Waals surface area (Å²) < 4.78 is 5.46. The van der Waals surface area contributed by atoms with Gasteiger partial charge in [-0.15, -0.1) is 0 Å². The van der Waals surface area contributed by atoms with Crippen LogP contribution in [0.4, 0.5) is 0 Å². The molecule has 1 unspecified atom stereocenters. The number of hydrogen-bond acceptors (Lipinski definition) is 2. The van der Waals surface area contributed by atoms with E-state index in [4.69, 9.17) is 16.3 Å². The topological polar surface area (TPSA) is 21.3 Å². The number of nitrogens with one attached hydrogen (secondary N) is 1. The molecule has 100 valence electrons. The fraction of sp³-hybridized carbons (Fsp3) is 0.250. The molecular formula is C16H18ClNO. The molecule has 3 heteroatoms. The van der Waals surface area contributed by atoms with Gasteiger partial charge >= 0.3 is 0 Å². The van der Waals surface area contributed by atoms with Crippen LogP contribution in [0.5, 0.6) is 5.75 Å². The molecule has 0 radical (unpaired) electrons. The monoisotopic (exact) mass is 275 g/mol. The average molecular weight is 276 g/mol. The predicted molar refractivity (Wildman–Crippen MR) is 80.1 cm³/mol. The van der Waals surface area contributed by atoms with Crippen LogP contribution in [0.2, 0.25) is 5.02 Å². The predicted octanol–water partition coefficient (Wildman–Crippen LogP) is 3.97. The Labute approximate surface area is 119 Å². The van der Waals surface area contributed by atoms with E-state index in [-0.39, 0.29) is 6.04 Å². The Hall–Kier alpha value is -1.51. The van der Waals surface area contributed by atoms with Gasteiger partial charge in [0.15, 0.2) is 0 Å². The first kappa shape index (κ1) is 13.9. The third kappa shape index (κ3) is 3.09. The lowest BCUT2D eigenvalue weighted by Gasteiger charge is -2.20.